The third kappa shape index (κ3) is 4.37. The lowest BCUT2D eigenvalue weighted by Gasteiger charge is -2.17. The van der Waals surface area contributed by atoms with Gasteiger partial charge in [0.1, 0.15) is 0 Å². The number of carboxylic acid groups (broad SMARTS) is 2. The third-order valence-electron chi connectivity index (χ3n) is 3.75. The molecule has 6 nitrogen and oxygen atoms in total. The summed E-state index contributed by atoms with van der Waals surface area (Å²) in [5.74, 6) is -2.51. The van der Waals surface area contributed by atoms with Crippen molar-refractivity contribution in [3.05, 3.63) is 51.6 Å². The Balaban J connectivity index is 0.000000226. The van der Waals surface area contributed by atoms with Crippen LogP contribution in [0.2, 0.25) is 0 Å². The molecule has 0 saturated carbocycles. The van der Waals surface area contributed by atoms with Crippen LogP contribution in [0.3, 0.4) is 0 Å². The minimum absolute atomic E-state index is 0.558. The molecule has 0 amide bonds. The maximum absolute atomic E-state index is 9.55. The first-order chi connectivity index (χ1) is 13.0. The number of thioether (sulfide) groups is 2. The molecule has 2 aliphatic rings. The van der Waals surface area contributed by atoms with Gasteiger partial charge in [-0.2, -0.15) is 0 Å². The zero-order valence-electron chi connectivity index (χ0n) is 14.3. The number of carboxylic acids is 2. The lowest BCUT2D eigenvalue weighted by atomic mass is 10.1. The summed E-state index contributed by atoms with van der Waals surface area (Å²) in [5, 5.41) is 20.3. The van der Waals surface area contributed by atoms with Gasteiger partial charge in [0.2, 0.25) is 0 Å². The van der Waals surface area contributed by atoms with Crippen LogP contribution in [0.1, 0.15) is 5.56 Å². The molecule has 4 rings (SSSR count). The first-order valence-electron chi connectivity index (χ1n) is 7.90. The number of carbonyl (C=O) groups is 2. The summed E-state index contributed by atoms with van der Waals surface area (Å²) in [6, 6.07) is 8.83. The zero-order chi connectivity index (χ0) is 19.4. The summed E-state index contributed by atoms with van der Waals surface area (Å²) < 4.78 is 2.73. The molecule has 9 heteroatoms. The Morgan fingerprint density at radius 1 is 1.22 bits per heavy atom. The number of rotatable bonds is 4. The SMILES string of the molecule is CSC1=C(c2cccc3sccc23)N2CCN=C2S1.O=C(O)/C=C/C(=O)O. The fourth-order valence-corrected chi connectivity index (χ4v) is 5.41. The van der Waals surface area contributed by atoms with E-state index in [1.807, 2.05) is 34.9 Å². The summed E-state index contributed by atoms with van der Waals surface area (Å²) in [7, 11) is 0. The van der Waals surface area contributed by atoms with Crippen molar-refractivity contribution in [1.82, 2.24) is 4.90 Å². The average Bonchev–Trinajstić information content (AvgIpc) is 3.35. The van der Waals surface area contributed by atoms with Gasteiger partial charge in [-0.1, -0.05) is 12.1 Å². The topological polar surface area (TPSA) is 90.2 Å². The molecule has 0 aliphatic carbocycles. The molecular weight excluding hydrogens is 404 g/mol. The molecule has 0 spiro atoms. The number of thiophene rings is 1. The van der Waals surface area contributed by atoms with Gasteiger partial charge in [-0.3, -0.25) is 4.99 Å². The first-order valence-corrected chi connectivity index (χ1v) is 10.8. The monoisotopic (exact) mass is 420 g/mol. The van der Waals surface area contributed by atoms with Gasteiger partial charge in [-0.25, -0.2) is 9.59 Å². The summed E-state index contributed by atoms with van der Waals surface area (Å²) in [5.41, 5.74) is 2.71. The van der Waals surface area contributed by atoms with E-state index in [0.29, 0.717) is 12.2 Å². The summed E-state index contributed by atoms with van der Waals surface area (Å²) in [6.07, 6.45) is 3.27. The molecule has 0 bridgehead atoms. The molecule has 0 radical (unpaired) electrons. The molecule has 1 aromatic carbocycles. The first kappa shape index (κ1) is 19.5. The van der Waals surface area contributed by atoms with E-state index in [-0.39, 0.29) is 0 Å². The quantitative estimate of drug-likeness (QED) is 0.722. The predicted octanol–water partition coefficient (Wildman–Crippen LogP) is 4.02. The van der Waals surface area contributed by atoms with Gasteiger partial charge in [0.15, 0.2) is 5.17 Å². The van der Waals surface area contributed by atoms with Crippen molar-refractivity contribution in [3.63, 3.8) is 0 Å². The Kier molecular flexibility index (Phi) is 6.25. The average molecular weight is 421 g/mol. The maximum atomic E-state index is 9.55. The largest absolute Gasteiger partial charge is 0.478 e. The van der Waals surface area contributed by atoms with Crippen LogP contribution in [0.5, 0.6) is 0 Å². The molecule has 27 heavy (non-hydrogen) atoms. The fourth-order valence-electron chi connectivity index (χ4n) is 2.70. The van der Waals surface area contributed by atoms with E-state index in [1.54, 1.807) is 0 Å². The maximum Gasteiger partial charge on any atom is 0.328 e. The zero-order valence-corrected chi connectivity index (χ0v) is 16.7. The second-order valence-electron chi connectivity index (χ2n) is 5.41. The number of amidine groups is 1. The van der Waals surface area contributed by atoms with E-state index in [9.17, 15) is 9.59 Å². The summed E-state index contributed by atoms with van der Waals surface area (Å²) >= 11 is 5.45. The molecule has 2 aromatic rings. The van der Waals surface area contributed by atoms with Crippen LogP contribution in [0.4, 0.5) is 0 Å². The van der Waals surface area contributed by atoms with Gasteiger partial charge in [-0.15, -0.1) is 23.1 Å². The molecule has 0 unspecified atom stereocenters. The molecule has 0 fully saturated rings. The van der Waals surface area contributed by atoms with Crippen molar-refractivity contribution in [1.29, 1.82) is 0 Å². The van der Waals surface area contributed by atoms with Gasteiger partial charge in [0, 0.05) is 34.3 Å². The van der Waals surface area contributed by atoms with E-state index in [0.717, 1.165) is 13.1 Å². The van der Waals surface area contributed by atoms with Crippen LogP contribution >= 0.6 is 34.9 Å². The van der Waals surface area contributed by atoms with Crippen LogP contribution in [0.15, 0.2) is 51.0 Å². The summed E-state index contributed by atoms with van der Waals surface area (Å²) in [6.45, 7) is 1.94. The van der Waals surface area contributed by atoms with Gasteiger partial charge >= 0.3 is 11.9 Å². The lowest BCUT2D eigenvalue weighted by molar-refractivity contribution is -0.134. The number of hydrogen-bond acceptors (Lipinski definition) is 7. The van der Waals surface area contributed by atoms with Gasteiger partial charge in [0.05, 0.1) is 16.5 Å². The minimum atomic E-state index is -1.26. The highest BCUT2D eigenvalue weighted by atomic mass is 32.2. The Morgan fingerprint density at radius 3 is 2.63 bits per heavy atom. The third-order valence-corrected chi connectivity index (χ3v) is 6.86. The van der Waals surface area contributed by atoms with Crippen molar-refractivity contribution in [3.8, 4) is 0 Å². The van der Waals surface area contributed by atoms with E-state index in [1.165, 1.54) is 30.8 Å². The van der Waals surface area contributed by atoms with Crippen molar-refractivity contribution >= 4 is 67.8 Å². The predicted molar refractivity (Wildman–Crippen MR) is 113 cm³/mol. The molecule has 1 aromatic heterocycles. The minimum Gasteiger partial charge on any atom is -0.478 e. The highest BCUT2D eigenvalue weighted by Gasteiger charge is 2.33. The highest BCUT2D eigenvalue weighted by molar-refractivity contribution is 8.30. The van der Waals surface area contributed by atoms with Crippen LogP contribution in [-0.4, -0.2) is 51.6 Å². The number of aliphatic carboxylic acids is 2. The lowest BCUT2D eigenvalue weighted by Crippen LogP contribution is -2.20. The molecular formula is C18H16N2O4S3. The molecule has 0 atom stereocenters. The van der Waals surface area contributed by atoms with Crippen LogP contribution < -0.4 is 0 Å². The van der Waals surface area contributed by atoms with Gasteiger partial charge in [-0.05, 0) is 35.5 Å². The summed E-state index contributed by atoms with van der Waals surface area (Å²) in [4.78, 5) is 26.1. The second-order valence-corrected chi connectivity index (χ2v) is 8.41. The smallest absolute Gasteiger partial charge is 0.328 e. The Hall–Kier alpha value is -2.23. The van der Waals surface area contributed by atoms with E-state index in [2.05, 4.69) is 45.8 Å². The fraction of sp³-hybridized carbons (Fsp3) is 0.167. The van der Waals surface area contributed by atoms with Crippen LogP contribution in [-0.2, 0) is 9.59 Å². The molecule has 2 aliphatic heterocycles. The van der Waals surface area contributed by atoms with Gasteiger partial charge < -0.3 is 15.1 Å². The molecule has 2 N–H and O–H groups in total. The highest BCUT2D eigenvalue weighted by Crippen LogP contribution is 2.47. The van der Waals surface area contributed by atoms with Crippen molar-refractivity contribution in [2.24, 2.45) is 4.99 Å². The van der Waals surface area contributed by atoms with Crippen molar-refractivity contribution in [2.75, 3.05) is 19.3 Å². The number of fused-ring (bicyclic) bond motifs is 2. The Bertz CT molecular complexity index is 962. The molecule has 3 heterocycles. The number of aliphatic imine (C=N–C) groups is 1. The number of hydrogen-bond donors (Lipinski definition) is 2. The van der Waals surface area contributed by atoms with Crippen LogP contribution in [0.25, 0.3) is 15.8 Å². The Morgan fingerprint density at radius 2 is 1.96 bits per heavy atom. The molecule has 140 valence electrons. The molecule has 0 saturated heterocycles. The van der Waals surface area contributed by atoms with Gasteiger partial charge in [0.25, 0.3) is 0 Å². The second kappa shape index (κ2) is 8.64. The van der Waals surface area contributed by atoms with Crippen LogP contribution in [0, 0.1) is 0 Å². The van der Waals surface area contributed by atoms with Crippen molar-refractivity contribution < 1.29 is 19.8 Å². The standard InChI is InChI=1S/C14H12N2S3.C4H4O4/c1-17-13-12(16-7-6-15-14(16)19-13)10-3-2-4-11-9(10)5-8-18-11;5-3(6)1-2-4(7)8/h2-5,8H,6-7H2,1H3;1-2H,(H,5,6)(H,7,8)/b;2-1+. The van der Waals surface area contributed by atoms with Crippen molar-refractivity contribution in [2.45, 2.75) is 0 Å². The normalized spacial score (nSPS) is 15.7. The van der Waals surface area contributed by atoms with E-state index < -0.39 is 11.9 Å². The number of benzene rings is 1. The van der Waals surface area contributed by atoms with E-state index in [4.69, 9.17) is 10.2 Å². The van der Waals surface area contributed by atoms with E-state index >= 15 is 0 Å². The number of nitrogens with zero attached hydrogens (tertiary/aromatic N) is 2. The Labute approximate surface area is 168 Å².